The second-order valence-corrected chi connectivity index (χ2v) is 5.31. The second kappa shape index (κ2) is 5.81. The molecule has 3 rings (SSSR count). The van der Waals surface area contributed by atoms with Crippen molar-refractivity contribution < 1.29 is 14.8 Å². The van der Waals surface area contributed by atoms with Crippen molar-refractivity contribution in [1.29, 1.82) is 0 Å². The Morgan fingerprint density at radius 3 is 2.27 bits per heavy atom. The molecule has 4 heteroatoms. The van der Waals surface area contributed by atoms with Crippen LogP contribution in [-0.2, 0) is 19.7 Å². The van der Waals surface area contributed by atoms with Crippen LogP contribution < -0.4 is 4.57 Å². The molecule has 0 aliphatic rings. The molecule has 4 nitrogen and oxygen atoms in total. The number of phenols is 1. The molecule has 0 fully saturated rings. The molecule has 0 saturated carbocycles. The second-order valence-electron chi connectivity index (χ2n) is 5.31. The number of imidazole rings is 1. The van der Waals surface area contributed by atoms with E-state index in [4.69, 9.17) is 0 Å². The fourth-order valence-electron chi connectivity index (χ4n) is 3.10. The predicted molar refractivity (Wildman–Crippen MR) is 86.5 cm³/mol. The van der Waals surface area contributed by atoms with E-state index in [9.17, 15) is 10.2 Å². The minimum atomic E-state index is 0.0326. The lowest BCUT2D eigenvalue weighted by molar-refractivity contribution is -0.678. The predicted octanol–water partition coefficient (Wildman–Crippen LogP) is 2.83. The van der Waals surface area contributed by atoms with Crippen molar-refractivity contribution in [2.75, 3.05) is 0 Å². The normalized spacial score (nSPS) is 11.2. The summed E-state index contributed by atoms with van der Waals surface area (Å²) in [7, 11) is 0. The highest BCUT2D eigenvalue weighted by molar-refractivity contribution is 5.80. The van der Waals surface area contributed by atoms with Crippen LogP contribution in [-0.4, -0.2) is 14.8 Å². The van der Waals surface area contributed by atoms with Crippen molar-refractivity contribution >= 4 is 11.0 Å². The van der Waals surface area contributed by atoms with Gasteiger partial charge in [-0.25, -0.2) is 9.13 Å². The van der Waals surface area contributed by atoms with Crippen molar-refractivity contribution in [1.82, 2.24) is 4.57 Å². The van der Waals surface area contributed by atoms with E-state index < -0.39 is 0 Å². The summed E-state index contributed by atoms with van der Waals surface area (Å²) < 4.78 is 4.31. The fraction of sp³-hybridized carbons (Fsp3) is 0.278. The molecule has 0 saturated heterocycles. The van der Waals surface area contributed by atoms with Gasteiger partial charge in [0.1, 0.15) is 12.4 Å². The number of aryl methyl sites for hydroxylation is 2. The van der Waals surface area contributed by atoms with Gasteiger partial charge in [0.2, 0.25) is 0 Å². The topological polar surface area (TPSA) is 49.3 Å². The van der Waals surface area contributed by atoms with Crippen LogP contribution in [0.5, 0.6) is 5.75 Å². The van der Waals surface area contributed by atoms with E-state index in [-0.39, 0.29) is 12.4 Å². The van der Waals surface area contributed by atoms with Crippen LogP contribution in [0.4, 0.5) is 0 Å². The molecule has 2 N–H and O–H groups in total. The first-order chi connectivity index (χ1) is 10.7. The van der Waals surface area contributed by atoms with Gasteiger partial charge < -0.3 is 10.2 Å². The molecule has 22 heavy (non-hydrogen) atoms. The molecule has 0 radical (unpaired) electrons. The van der Waals surface area contributed by atoms with Crippen LogP contribution >= 0.6 is 0 Å². The molecule has 0 unspecified atom stereocenters. The molecule has 114 valence electrons. The lowest BCUT2D eigenvalue weighted by Gasteiger charge is -2.02. The standard InChI is InChI=1S/C18H20N2O2/c1-3-19-16-10-7-14(13-5-8-15(22)9-6-13)11-17(16)20(4-2)18(19)12-21/h5-11,21H,3-4,12H2,1-2H3/p+1. The number of rotatable bonds is 4. The van der Waals surface area contributed by atoms with Crippen molar-refractivity contribution in [2.24, 2.45) is 0 Å². The van der Waals surface area contributed by atoms with Gasteiger partial charge in [0, 0.05) is 0 Å². The molecule has 1 aromatic heterocycles. The first kappa shape index (κ1) is 14.6. The quantitative estimate of drug-likeness (QED) is 0.728. The van der Waals surface area contributed by atoms with E-state index in [1.165, 1.54) is 0 Å². The number of nitrogens with zero attached hydrogens (tertiary/aromatic N) is 2. The van der Waals surface area contributed by atoms with Gasteiger partial charge >= 0.3 is 0 Å². The number of fused-ring (bicyclic) bond motifs is 1. The number of phenolic OH excluding ortho intramolecular Hbond substituents is 1. The molecule has 0 aliphatic heterocycles. The molecule has 1 heterocycles. The highest BCUT2D eigenvalue weighted by Crippen LogP contribution is 2.26. The summed E-state index contributed by atoms with van der Waals surface area (Å²) in [4.78, 5) is 0. The largest absolute Gasteiger partial charge is 0.508 e. The third-order valence-corrected chi connectivity index (χ3v) is 4.15. The summed E-state index contributed by atoms with van der Waals surface area (Å²) in [5, 5.41) is 19.1. The Kier molecular flexibility index (Phi) is 3.86. The molecule has 0 bridgehead atoms. The molecule has 3 aromatic rings. The van der Waals surface area contributed by atoms with Crippen molar-refractivity contribution in [3.8, 4) is 16.9 Å². The Balaban J connectivity index is 2.23. The van der Waals surface area contributed by atoms with Crippen LogP contribution in [0.3, 0.4) is 0 Å². The summed E-state index contributed by atoms with van der Waals surface area (Å²) >= 11 is 0. The highest BCUT2D eigenvalue weighted by Gasteiger charge is 2.22. The van der Waals surface area contributed by atoms with Gasteiger partial charge in [0.25, 0.3) is 5.82 Å². The van der Waals surface area contributed by atoms with Gasteiger partial charge in [-0.1, -0.05) is 12.1 Å². The molecule has 0 spiro atoms. The van der Waals surface area contributed by atoms with Crippen molar-refractivity contribution in [3.63, 3.8) is 0 Å². The number of benzene rings is 2. The molecule has 0 atom stereocenters. The Labute approximate surface area is 129 Å². The zero-order chi connectivity index (χ0) is 15.7. The van der Waals surface area contributed by atoms with Gasteiger partial charge in [-0.3, -0.25) is 0 Å². The van der Waals surface area contributed by atoms with Gasteiger partial charge in [-0.05, 0) is 55.3 Å². The first-order valence-electron chi connectivity index (χ1n) is 7.64. The van der Waals surface area contributed by atoms with Gasteiger partial charge in [-0.2, -0.15) is 0 Å². The minimum absolute atomic E-state index is 0.0326. The van der Waals surface area contributed by atoms with Gasteiger partial charge in [-0.15, -0.1) is 0 Å². The number of hydrogen-bond acceptors (Lipinski definition) is 2. The number of hydrogen-bond donors (Lipinski definition) is 2. The Morgan fingerprint density at radius 1 is 1.00 bits per heavy atom. The summed E-state index contributed by atoms with van der Waals surface area (Å²) in [5.74, 6) is 1.20. The summed E-state index contributed by atoms with van der Waals surface area (Å²) in [6, 6.07) is 13.6. The Morgan fingerprint density at radius 2 is 1.68 bits per heavy atom. The van der Waals surface area contributed by atoms with E-state index in [0.29, 0.717) is 0 Å². The highest BCUT2D eigenvalue weighted by atomic mass is 16.3. The van der Waals surface area contributed by atoms with E-state index in [1.54, 1.807) is 12.1 Å². The smallest absolute Gasteiger partial charge is 0.283 e. The lowest BCUT2D eigenvalue weighted by Crippen LogP contribution is -2.36. The number of aliphatic hydroxyl groups excluding tert-OH is 1. The van der Waals surface area contributed by atoms with Crippen LogP contribution in [0.1, 0.15) is 19.7 Å². The molecule has 2 aromatic carbocycles. The zero-order valence-corrected chi connectivity index (χ0v) is 13.0. The maximum Gasteiger partial charge on any atom is 0.283 e. The van der Waals surface area contributed by atoms with E-state index in [0.717, 1.165) is 41.1 Å². The average molecular weight is 297 g/mol. The van der Waals surface area contributed by atoms with Crippen LogP contribution in [0.15, 0.2) is 42.5 Å². The average Bonchev–Trinajstić information content (AvgIpc) is 2.87. The fourth-order valence-corrected chi connectivity index (χ4v) is 3.10. The number of aromatic hydroxyl groups is 1. The van der Waals surface area contributed by atoms with Crippen LogP contribution in [0, 0.1) is 0 Å². The Hall–Kier alpha value is -2.33. The summed E-state index contributed by atoms with van der Waals surface area (Å²) in [5.41, 5.74) is 4.43. The van der Waals surface area contributed by atoms with E-state index in [1.807, 2.05) is 12.1 Å². The van der Waals surface area contributed by atoms with E-state index in [2.05, 4.69) is 41.2 Å². The van der Waals surface area contributed by atoms with Crippen LogP contribution in [0.2, 0.25) is 0 Å². The van der Waals surface area contributed by atoms with E-state index >= 15 is 0 Å². The molecular formula is C18H21N2O2+. The van der Waals surface area contributed by atoms with Crippen LogP contribution in [0.25, 0.3) is 22.2 Å². The van der Waals surface area contributed by atoms with Crippen molar-refractivity contribution in [2.45, 2.75) is 33.5 Å². The number of aliphatic hydroxyl groups is 1. The van der Waals surface area contributed by atoms with Crippen molar-refractivity contribution in [3.05, 3.63) is 48.3 Å². The monoisotopic (exact) mass is 297 g/mol. The third-order valence-electron chi connectivity index (χ3n) is 4.15. The minimum Gasteiger partial charge on any atom is -0.508 e. The molecular weight excluding hydrogens is 276 g/mol. The maximum absolute atomic E-state index is 9.71. The Bertz CT molecular complexity index is 804. The summed E-state index contributed by atoms with van der Waals surface area (Å²) in [6.45, 7) is 5.86. The third kappa shape index (κ3) is 2.25. The van der Waals surface area contributed by atoms with Gasteiger partial charge in [0.15, 0.2) is 11.0 Å². The zero-order valence-electron chi connectivity index (χ0n) is 13.0. The maximum atomic E-state index is 9.71. The molecule has 0 aliphatic carbocycles. The van der Waals surface area contributed by atoms with Gasteiger partial charge in [0.05, 0.1) is 13.1 Å². The molecule has 0 amide bonds. The first-order valence-corrected chi connectivity index (χ1v) is 7.64. The number of aromatic nitrogens is 2. The summed E-state index contributed by atoms with van der Waals surface area (Å²) in [6.07, 6.45) is 0. The lowest BCUT2D eigenvalue weighted by atomic mass is 10.0. The SMILES string of the molecule is CCn1c(CO)[n+](CC)c2ccc(-c3ccc(O)cc3)cc21.